The summed E-state index contributed by atoms with van der Waals surface area (Å²) < 4.78 is 22.5. The summed E-state index contributed by atoms with van der Waals surface area (Å²) in [5, 5.41) is 0. The molecule has 0 aliphatic carbocycles. The standard InChI is InChI=1S/C12H17NO2S.ClH/c1-3-4-5-12(13)10-6-8-11(9-7-10)16(2,14)15;/h3,6-9,12H,1,4-5,13H2,2H3;1H/t12-;/m1./s1. The van der Waals surface area contributed by atoms with Crippen molar-refractivity contribution >= 4 is 22.2 Å². The fourth-order valence-electron chi connectivity index (χ4n) is 1.43. The minimum absolute atomic E-state index is 0. The van der Waals surface area contributed by atoms with Crippen LogP contribution in [0.3, 0.4) is 0 Å². The Bertz CT molecular complexity index is 454. The van der Waals surface area contributed by atoms with Crippen LogP contribution in [0.5, 0.6) is 0 Å². The molecule has 0 aliphatic heterocycles. The predicted octanol–water partition coefficient (Wildman–Crippen LogP) is 2.48. The zero-order valence-electron chi connectivity index (χ0n) is 9.80. The molecule has 0 radical (unpaired) electrons. The predicted molar refractivity (Wildman–Crippen MR) is 73.2 cm³/mol. The van der Waals surface area contributed by atoms with Gasteiger partial charge in [-0.1, -0.05) is 18.2 Å². The number of allylic oxidation sites excluding steroid dienone is 1. The van der Waals surface area contributed by atoms with E-state index in [1.54, 1.807) is 24.3 Å². The number of hydrogen-bond acceptors (Lipinski definition) is 3. The molecule has 0 amide bonds. The molecule has 1 atom stereocenters. The summed E-state index contributed by atoms with van der Waals surface area (Å²) in [5.74, 6) is 0. The number of nitrogens with two attached hydrogens (primary N) is 1. The third kappa shape index (κ3) is 4.89. The first-order chi connectivity index (χ1) is 7.45. The topological polar surface area (TPSA) is 60.2 Å². The molecule has 0 aromatic heterocycles. The monoisotopic (exact) mass is 275 g/mol. The van der Waals surface area contributed by atoms with E-state index in [9.17, 15) is 8.42 Å². The van der Waals surface area contributed by atoms with Crippen molar-refractivity contribution < 1.29 is 8.42 Å². The van der Waals surface area contributed by atoms with Gasteiger partial charge in [-0.15, -0.1) is 19.0 Å². The Hall–Kier alpha value is -0.840. The maximum Gasteiger partial charge on any atom is 0.175 e. The van der Waals surface area contributed by atoms with E-state index in [1.165, 1.54) is 6.26 Å². The molecular formula is C12H18ClNO2S. The number of hydrogen-bond donors (Lipinski definition) is 1. The summed E-state index contributed by atoms with van der Waals surface area (Å²) in [6.45, 7) is 3.64. The molecule has 17 heavy (non-hydrogen) atoms. The minimum atomic E-state index is -3.12. The van der Waals surface area contributed by atoms with Gasteiger partial charge in [-0.3, -0.25) is 0 Å². The molecule has 96 valence electrons. The van der Waals surface area contributed by atoms with Crippen molar-refractivity contribution in [3.63, 3.8) is 0 Å². The molecule has 0 saturated carbocycles. The first kappa shape index (κ1) is 16.2. The van der Waals surface area contributed by atoms with Gasteiger partial charge in [-0.25, -0.2) is 8.42 Å². The summed E-state index contributed by atoms with van der Waals surface area (Å²) >= 11 is 0. The van der Waals surface area contributed by atoms with Crippen molar-refractivity contribution in [2.45, 2.75) is 23.8 Å². The second-order valence-corrected chi connectivity index (χ2v) is 5.83. The summed E-state index contributed by atoms with van der Waals surface area (Å²) in [6, 6.07) is 6.66. The molecule has 0 bridgehead atoms. The van der Waals surface area contributed by atoms with E-state index in [1.807, 2.05) is 6.08 Å². The first-order valence-electron chi connectivity index (χ1n) is 5.11. The second kappa shape index (κ2) is 6.79. The number of halogens is 1. The Morgan fingerprint density at radius 3 is 2.29 bits per heavy atom. The number of rotatable bonds is 5. The van der Waals surface area contributed by atoms with Crippen molar-refractivity contribution in [1.29, 1.82) is 0 Å². The Kier molecular flexibility index (Phi) is 6.45. The van der Waals surface area contributed by atoms with Crippen LogP contribution in [0.4, 0.5) is 0 Å². The van der Waals surface area contributed by atoms with Gasteiger partial charge >= 0.3 is 0 Å². The van der Waals surface area contributed by atoms with Gasteiger partial charge < -0.3 is 5.73 Å². The van der Waals surface area contributed by atoms with Crippen molar-refractivity contribution in [3.8, 4) is 0 Å². The highest BCUT2D eigenvalue weighted by Crippen LogP contribution is 2.18. The van der Waals surface area contributed by atoms with Gasteiger partial charge in [0, 0.05) is 12.3 Å². The lowest BCUT2D eigenvalue weighted by molar-refractivity contribution is 0.601. The zero-order chi connectivity index (χ0) is 12.2. The van der Waals surface area contributed by atoms with Crippen LogP contribution in [0.25, 0.3) is 0 Å². The van der Waals surface area contributed by atoms with Crippen molar-refractivity contribution in [1.82, 2.24) is 0 Å². The molecule has 5 heteroatoms. The van der Waals surface area contributed by atoms with Crippen molar-refractivity contribution in [3.05, 3.63) is 42.5 Å². The maximum atomic E-state index is 11.2. The lowest BCUT2D eigenvalue weighted by Crippen LogP contribution is -2.10. The molecule has 0 spiro atoms. The van der Waals surface area contributed by atoms with E-state index in [-0.39, 0.29) is 18.4 Å². The quantitative estimate of drug-likeness (QED) is 0.840. The smallest absolute Gasteiger partial charge is 0.175 e. The van der Waals surface area contributed by atoms with Gasteiger partial charge in [0.25, 0.3) is 0 Å². The first-order valence-corrected chi connectivity index (χ1v) is 7.01. The van der Waals surface area contributed by atoms with Crippen LogP contribution in [0.1, 0.15) is 24.4 Å². The number of sulfone groups is 1. The minimum Gasteiger partial charge on any atom is -0.324 e. The molecular weight excluding hydrogens is 258 g/mol. The highest BCUT2D eigenvalue weighted by Gasteiger charge is 2.09. The van der Waals surface area contributed by atoms with E-state index in [0.717, 1.165) is 18.4 Å². The van der Waals surface area contributed by atoms with Crippen LogP contribution in [-0.2, 0) is 9.84 Å². The molecule has 0 aliphatic rings. The number of benzene rings is 1. The Morgan fingerprint density at radius 2 is 1.88 bits per heavy atom. The van der Waals surface area contributed by atoms with Crippen LogP contribution >= 0.6 is 12.4 Å². The molecule has 3 nitrogen and oxygen atoms in total. The van der Waals surface area contributed by atoms with Gasteiger partial charge in [0.15, 0.2) is 9.84 Å². The van der Waals surface area contributed by atoms with Gasteiger partial charge in [-0.2, -0.15) is 0 Å². The second-order valence-electron chi connectivity index (χ2n) is 3.81. The van der Waals surface area contributed by atoms with Crippen LogP contribution < -0.4 is 5.73 Å². The fourth-order valence-corrected chi connectivity index (χ4v) is 2.06. The SMILES string of the molecule is C=CCC[C@@H](N)c1ccc(S(C)(=O)=O)cc1.Cl. The van der Waals surface area contributed by atoms with Gasteiger partial charge in [0.2, 0.25) is 0 Å². The summed E-state index contributed by atoms with van der Waals surface area (Å²) in [6.07, 6.45) is 4.70. The molecule has 1 aromatic rings. The molecule has 0 unspecified atom stereocenters. The molecule has 1 rings (SSSR count). The lowest BCUT2D eigenvalue weighted by Gasteiger charge is -2.10. The third-order valence-corrected chi connectivity index (χ3v) is 3.55. The Morgan fingerprint density at radius 1 is 1.35 bits per heavy atom. The normalized spacial score (nSPS) is 12.6. The van der Waals surface area contributed by atoms with Crippen LogP contribution in [0.15, 0.2) is 41.8 Å². The Labute approximate surface area is 109 Å². The fraction of sp³-hybridized carbons (Fsp3) is 0.333. The molecule has 0 heterocycles. The highest BCUT2D eigenvalue weighted by molar-refractivity contribution is 7.90. The van der Waals surface area contributed by atoms with Gasteiger partial charge in [0.05, 0.1) is 4.90 Å². The van der Waals surface area contributed by atoms with Crippen LogP contribution in [-0.4, -0.2) is 14.7 Å². The zero-order valence-corrected chi connectivity index (χ0v) is 11.4. The van der Waals surface area contributed by atoms with Gasteiger partial charge in [0.1, 0.15) is 0 Å². The lowest BCUT2D eigenvalue weighted by atomic mass is 10.0. The van der Waals surface area contributed by atoms with Crippen molar-refractivity contribution in [2.24, 2.45) is 5.73 Å². The molecule has 0 fully saturated rings. The van der Waals surface area contributed by atoms with Crippen LogP contribution in [0.2, 0.25) is 0 Å². The van der Waals surface area contributed by atoms with E-state index < -0.39 is 9.84 Å². The van der Waals surface area contributed by atoms with Gasteiger partial charge in [-0.05, 0) is 30.5 Å². The van der Waals surface area contributed by atoms with Crippen LogP contribution in [0, 0.1) is 0 Å². The molecule has 2 N–H and O–H groups in total. The van der Waals surface area contributed by atoms with Crippen molar-refractivity contribution in [2.75, 3.05) is 6.26 Å². The van der Waals surface area contributed by atoms with E-state index in [0.29, 0.717) is 4.90 Å². The molecule has 1 aromatic carbocycles. The average molecular weight is 276 g/mol. The third-order valence-electron chi connectivity index (χ3n) is 2.42. The summed E-state index contributed by atoms with van der Waals surface area (Å²) in [7, 11) is -3.12. The highest BCUT2D eigenvalue weighted by atomic mass is 35.5. The van der Waals surface area contributed by atoms with E-state index in [2.05, 4.69) is 6.58 Å². The van der Waals surface area contributed by atoms with E-state index in [4.69, 9.17) is 5.73 Å². The average Bonchev–Trinajstić information content (AvgIpc) is 2.25. The maximum absolute atomic E-state index is 11.2. The summed E-state index contributed by atoms with van der Waals surface area (Å²) in [4.78, 5) is 0.326. The Balaban J connectivity index is 0.00000256. The molecule has 0 saturated heterocycles. The van der Waals surface area contributed by atoms with E-state index >= 15 is 0 Å². The largest absolute Gasteiger partial charge is 0.324 e. The summed E-state index contributed by atoms with van der Waals surface area (Å²) in [5.41, 5.74) is 6.90.